The van der Waals surface area contributed by atoms with Crippen LogP contribution in [0.3, 0.4) is 0 Å². The van der Waals surface area contributed by atoms with Crippen LogP contribution in [0.2, 0.25) is 0 Å². The highest BCUT2D eigenvalue weighted by Crippen LogP contribution is 2.38. The Labute approximate surface area is 172 Å². The molecule has 2 heterocycles. The van der Waals surface area contributed by atoms with Gasteiger partial charge >= 0.3 is 0 Å². The summed E-state index contributed by atoms with van der Waals surface area (Å²) < 4.78 is 11.8. The maximum absolute atomic E-state index is 6.00. The molecule has 0 saturated heterocycles. The summed E-state index contributed by atoms with van der Waals surface area (Å²) in [6.07, 6.45) is 2.02. The molecule has 2 aromatic rings. The van der Waals surface area contributed by atoms with Crippen LogP contribution >= 0.6 is 13.5 Å². The minimum absolute atomic E-state index is 0. The Bertz CT molecular complexity index is 665. The van der Waals surface area contributed by atoms with Crippen molar-refractivity contribution in [1.29, 1.82) is 0 Å². The Morgan fingerprint density at radius 2 is 1.67 bits per heavy atom. The quantitative estimate of drug-likeness (QED) is 0.653. The number of ether oxygens (including phenoxy) is 2. The van der Waals surface area contributed by atoms with Crippen LogP contribution in [-0.2, 0) is 16.9 Å². The summed E-state index contributed by atoms with van der Waals surface area (Å²) >= 11 is 0. The number of aryl methyl sites for hydroxylation is 2. The van der Waals surface area contributed by atoms with Gasteiger partial charge in [-0.3, -0.25) is 0 Å². The van der Waals surface area contributed by atoms with Gasteiger partial charge in [0.05, 0.1) is 18.9 Å². The molecule has 1 aromatic carbocycles. The van der Waals surface area contributed by atoms with E-state index in [1.54, 1.807) is 0 Å². The molecule has 0 bridgehead atoms. The van der Waals surface area contributed by atoms with E-state index >= 15 is 0 Å². The zero-order chi connectivity index (χ0) is 19.6. The van der Waals surface area contributed by atoms with Gasteiger partial charge in [0, 0.05) is 17.7 Å². The maximum Gasteiger partial charge on any atom is 0.125 e. The van der Waals surface area contributed by atoms with Crippen molar-refractivity contribution < 1.29 is 9.47 Å². The number of hydrogen-bond donors (Lipinski definition) is 0. The predicted molar refractivity (Wildman–Crippen MR) is 118 cm³/mol. The van der Waals surface area contributed by atoms with Crippen LogP contribution in [0.5, 0.6) is 5.75 Å². The van der Waals surface area contributed by atoms with Crippen molar-refractivity contribution in [2.45, 2.75) is 73.5 Å². The van der Waals surface area contributed by atoms with Gasteiger partial charge in [0.2, 0.25) is 0 Å². The summed E-state index contributed by atoms with van der Waals surface area (Å²) in [6, 6.07) is 9.84. The first-order valence-electron chi connectivity index (χ1n) is 9.66. The first-order valence-corrected chi connectivity index (χ1v) is 9.66. The van der Waals surface area contributed by atoms with E-state index in [4.69, 9.17) is 9.47 Å². The van der Waals surface area contributed by atoms with Crippen molar-refractivity contribution in [3.63, 3.8) is 0 Å². The van der Waals surface area contributed by atoms with Gasteiger partial charge in [0.15, 0.2) is 0 Å². The van der Waals surface area contributed by atoms with E-state index in [-0.39, 0.29) is 19.1 Å². The molecule has 5 heteroatoms. The molecule has 0 N–H and O–H groups in total. The van der Waals surface area contributed by atoms with Gasteiger partial charge in [-0.2, -0.15) is 13.5 Å². The van der Waals surface area contributed by atoms with Gasteiger partial charge in [0.25, 0.3) is 0 Å². The molecule has 3 rings (SSSR count). The number of para-hydroxylation sites is 1. The van der Waals surface area contributed by atoms with Gasteiger partial charge < -0.3 is 9.47 Å². The number of benzene rings is 1. The van der Waals surface area contributed by atoms with Crippen molar-refractivity contribution >= 4 is 13.5 Å². The predicted octanol–water partition coefficient (Wildman–Crippen LogP) is 5.86. The highest BCUT2D eigenvalue weighted by Gasteiger charge is 2.38. The fourth-order valence-corrected chi connectivity index (χ4v) is 2.72. The lowest BCUT2D eigenvalue weighted by atomic mass is 9.96. The Hall–Kier alpha value is -1.59. The molecule has 1 unspecified atom stereocenters. The van der Waals surface area contributed by atoms with E-state index in [2.05, 4.69) is 30.7 Å². The third-order valence-electron chi connectivity index (χ3n) is 3.95. The summed E-state index contributed by atoms with van der Waals surface area (Å²) in [7, 11) is 0. The van der Waals surface area contributed by atoms with Crippen molar-refractivity contribution in [3.8, 4) is 5.75 Å². The molecule has 0 amide bonds. The number of nitrogens with zero attached hydrogens (tertiary/aromatic N) is 2. The zero-order valence-electron chi connectivity index (χ0n) is 17.9. The summed E-state index contributed by atoms with van der Waals surface area (Å²) in [4.78, 5) is 9.02. The molecule has 1 aromatic heterocycles. The second-order valence-electron chi connectivity index (χ2n) is 6.32. The van der Waals surface area contributed by atoms with E-state index < -0.39 is 0 Å². The lowest BCUT2D eigenvalue weighted by molar-refractivity contribution is -0.0392. The van der Waals surface area contributed by atoms with Crippen LogP contribution in [0.4, 0.5) is 0 Å². The molecular weight excluding hydrogens is 356 g/mol. The molecule has 1 aliphatic heterocycles. The Morgan fingerprint density at radius 1 is 1.07 bits per heavy atom. The van der Waals surface area contributed by atoms with E-state index in [1.807, 2.05) is 58.0 Å². The largest absolute Gasteiger partial charge is 0.493 e. The van der Waals surface area contributed by atoms with Crippen molar-refractivity contribution in [1.82, 2.24) is 9.97 Å². The van der Waals surface area contributed by atoms with Gasteiger partial charge in [-0.05, 0) is 32.9 Å². The molecule has 4 nitrogen and oxygen atoms in total. The standard InChI is InChI=1S/C17H20N2O2.C3H8.C2H6.H2S/c1-12-15-11-21-17(3,16(15)19-13(2)18-12)9-10-20-14-7-5-4-6-8-14;1-3-2;1-2;/h4-8H,9-11H2,1-3H3;3H2,1-2H3;1-2H3;1H2. The zero-order valence-corrected chi connectivity index (χ0v) is 18.9. The second kappa shape index (κ2) is 12.7. The van der Waals surface area contributed by atoms with E-state index in [0.29, 0.717) is 13.2 Å². The third kappa shape index (κ3) is 7.15. The van der Waals surface area contributed by atoms with Gasteiger partial charge in [-0.1, -0.05) is 52.3 Å². The summed E-state index contributed by atoms with van der Waals surface area (Å²) in [5, 5.41) is 0. The molecule has 152 valence electrons. The maximum atomic E-state index is 6.00. The van der Waals surface area contributed by atoms with Crippen LogP contribution in [0.15, 0.2) is 30.3 Å². The number of aromatic nitrogens is 2. The molecule has 0 aliphatic carbocycles. The van der Waals surface area contributed by atoms with Gasteiger partial charge in [0.1, 0.15) is 17.2 Å². The van der Waals surface area contributed by atoms with E-state index in [0.717, 1.165) is 34.9 Å². The minimum atomic E-state index is -0.386. The smallest absolute Gasteiger partial charge is 0.125 e. The third-order valence-corrected chi connectivity index (χ3v) is 3.95. The lowest BCUT2D eigenvalue weighted by Gasteiger charge is -2.24. The van der Waals surface area contributed by atoms with Crippen LogP contribution in [0.25, 0.3) is 0 Å². The fraction of sp³-hybridized carbons (Fsp3) is 0.545. The van der Waals surface area contributed by atoms with Gasteiger partial charge in [-0.25, -0.2) is 9.97 Å². The monoisotopic (exact) mass is 392 g/mol. The second-order valence-corrected chi connectivity index (χ2v) is 6.32. The average Bonchev–Trinajstić information content (AvgIpc) is 2.96. The average molecular weight is 393 g/mol. The SMILES string of the molecule is CC.CCC.Cc1nc(C)c2c(n1)C(C)(CCOc1ccccc1)OC2.S. The first-order chi connectivity index (χ1) is 12.5. The van der Waals surface area contributed by atoms with Crippen LogP contribution in [0.1, 0.15) is 70.2 Å². The number of hydrogen-bond acceptors (Lipinski definition) is 4. The van der Waals surface area contributed by atoms with Gasteiger partial charge in [-0.15, -0.1) is 0 Å². The first kappa shape index (κ1) is 25.4. The molecule has 1 atom stereocenters. The minimum Gasteiger partial charge on any atom is -0.493 e. The Morgan fingerprint density at radius 3 is 2.26 bits per heavy atom. The summed E-state index contributed by atoms with van der Waals surface area (Å²) in [6.45, 7) is 15.5. The molecule has 0 spiro atoms. The van der Waals surface area contributed by atoms with Crippen LogP contribution < -0.4 is 4.74 Å². The van der Waals surface area contributed by atoms with E-state index in [9.17, 15) is 0 Å². The lowest BCUT2D eigenvalue weighted by Crippen LogP contribution is -2.25. The molecule has 27 heavy (non-hydrogen) atoms. The van der Waals surface area contributed by atoms with Crippen LogP contribution in [-0.4, -0.2) is 16.6 Å². The van der Waals surface area contributed by atoms with Crippen molar-refractivity contribution in [2.75, 3.05) is 6.61 Å². The van der Waals surface area contributed by atoms with Crippen molar-refractivity contribution in [3.05, 3.63) is 53.1 Å². The molecule has 0 saturated carbocycles. The van der Waals surface area contributed by atoms with Crippen molar-refractivity contribution in [2.24, 2.45) is 0 Å². The Balaban J connectivity index is 0.00000103. The summed E-state index contributed by atoms with van der Waals surface area (Å²) in [5.41, 5.74) is 2.78. The highest BCUT2D eigenvalue weighted by atomic mass is 32.1. The molecule has 1 aliphatic rings. The van der Waals surface area contributed by atoms with E-state index in [1.165, 1.54) is 6.42 Å². The van der Waals surface area contributed by atoms with Crippen LogP contribution in [0, 0.1) is 13.8 Å². The molecule has 0 fully saturated rings. The highest BCUT2D eigenvalue weighted by molar-refractivity contribution is 7.59. The topological polar surface area (TPSA) is 44.2 Å². The Kier molecular flexibility index (Phi) is 12.0. The normalized spacial score (nSPS) is 16.7. The number of rotatable bonds is 4. The molecule has 0 radical (unpaired) electrons. The fourth-order valence-electron chi connectivity index (χ4n) is 2.72. The summed E-state index contributed by atoms with van der Waals surface area (Å²) in [5.74, 6) is 1.68. The molecular formula is C22H36N2O2S. The number of fused-ring (bicyclic) bond motifs is 1.